The van der Waals surface area contributed by atoms with E-state index in [1.54, 1.807) is 12.1 Å². The van der Waals surface area contributed by atoms with Crippen LogP contribution in [0.2, 0.25) is 10.0 Å². The third-order valence-corrected chi connectivity index (χ3v) is 6.34. The first-order chi connectivity index (χ1) is 15.3. The van der Waals surface area contributed by atoms with Crippen LogP contribution in [0.5, 0.6) is 5.75 Å². The van der Waals surface area contributed by atoms with E-state index >= 15 is 0 Å². The number of H-pyrrole nitrogens is 1. The molecule has 0 aliphatic carbocycles. The molecule has 32 heavy (non-hydrogen) atoms. The predicted octanol–water partition coefficient (Wildman–Crippen LogP) is 6.01. The van der Waals surface area contributed by atoms with Crippen molar-refractivity contribution in [2.45, 2.75) is 11.8 Å². The molecule has 9 heteroatoms. The SMILES string of the molecule is Cc1ccc(S(=O)(=O)Oc2c(Cl)cc(Cl)cc2/C=C(\C#N)c2nc3ccccc3[nH]2)cc1. The molecule has 1 heterocycles. The van der Waals surface area contributed by atoms with Crippen molar-refractivity contribution < 1.29 is 12.6 Å². The largest absolute Gasteiger partial charge is 0.377 e. The number of halogens is 2. The minimum Gasteiger partial charge on any atom is -0.377 e. The van der Waals surface area contributed by atoms with Crippen molar-refractivity contribution in [2.24, 2.45) is 0 Å². The van der Waals surface area contributed by atoms with Crippen molar-refractivity contribution in [1.29, 1.82) is 5.26 Å². The van der Waals surface area contributed by atoms with Gasteiger partial charge in [0.25, 0.3) is 0 Å². The summed E-state index contributed by atoms with van der Waals surface area (Å²) in [6.07, 6.45) is 1.43. The van der Waals surface area contributed by atoms with Crippen molar-refractivity contribution in [1.82, 2.24) is 9.97 Å². The van der Waals surface area contributed by atoms with E-state index in [-0.39, 0.29) is 31.8 Å². The summed E-state index contributed by atoms with van der Waals surface area (Å²) in [6.45, 7) is 1.84. The number of nitrogens with one attached hydrogen (secondary N) is 1. The highest BCUT2D eigenvalue weighted by atomic mass is 35.5. The van der Waals surface area contributed by atoms with Crippen LogP contribution in [-0.2, 0) is 10.1 Å². The van der Waals surface area contributed by atoms with E-state index in [9.17, 15) is 13.7 Å². The lowest BCUT2D eigenvalue weighted by atomic mass is 10.1. The first kappa shape index (κ1) is 21.9. The normalized spacial score (nSPS) is 12.0. The summed E-state index contributed by atoms with van der Waals surface area (Å²) in [5.74, 6) is 0.178. The fraction of sp³-hybridized carbons (Fsp3) is 0.0435. The van der Waals surface area contributed by atoms with Crippen LogP contribution in [0.4, 0.5) is 0 Å². The topological polar surface area (TPSA) is 95.8 Å². The monoisotopic (exact) mass is 483 g/mol. The maximum absolute atomic E-state index is 12.8. The molecule has 4 rings (SSSR count). The summed E-state index contributed by atoms with van der Waals surface area (Å²) in [4.78, 5) is 7.46. The number of imidazole rings is 1. The zero-order chi connectivity index (χ0) is 22.9. The number of fused-ring (bicyclic) bond motifs is 1. The minimum atomic E-state index is -4.18. The van der Waals surface area contributed by atoms with Crippen LogP contribution in [0, 0.1) is 18.3 Å². The molecular formula is C23H15Cl2N3O3S. The molecule has 0 amide bonds. The van der Waals surface area contributed by atoms with Gasteiger partial charge in [-0.25, -0.2) is 4.98 Å². The molecule has 0 saturated carbocycles. The number of rotatable bonds is 5. The lowest BCUT2D eigenvalue weighted by molar-refractivity contribution is 0.485. The highest BCUT2D eigenvalue weighted by Crippen LogP contribution is 2.36. The van der Waals surface area contributed by atoms with Crippen LogP contribution in [0.1, 0.15) is 17.0 Å². The Morgan fingerprint density at radius 3 is 2.53 bits per heavy atom. The van der Waals surface area contributed by atoms with E-state index in [2.05, 4.69) is 16.0 Å². The van der Waals surface area contributed by atoms with Gasteiger partial charge < -0.3 is 9.17 Å². The van der Waals surface area contributed by atoms with Gasteiger partial charge in [0, 0.05) is 10.6 Å². The Labute approximate surface area is 194 Å². The van der Waals surface area contributed by atoms with E-state index in [1.807, 2.05) is 31.2 Å². The summed E-state index contributed by atoms with van der Waals surface area (Å²) in [5, 5.41) is 9.97. The average Bonchev–Trinajstić information content (AvgIpc) is 3.18. The molecule has 0 radical (unpaired) electrons. The van der Waals surface area contributed by atoms with E-state index < -0.39 is 10.1 Å². The van der Waals surface area contributed by atoms with Crippen LogP contribution < -0.4 is 4.18 Å². The fourth-order valence-electron chi connectivity index (χ4n) is 3.03. The zero-order valence-electron chi connectivity index (χ0n) is 16.6. The molecule has 6 nitrogen and oxygen atoms in total. The number of nitriles is 1. The second-order valence-electron chi connectivity index (χ2n) is 6.93. The number of nitrogens with zero attached hydrogens (tertiary/aromatic N) is 2. The predicted molar refractivity (Wildman–Crippen MR) is 125 cm³/mol. The Morgan fingerprint density at radius 2 is 1.84 bits per heavy atom. The Kier molecular flexibility index (Phi) is 5.94. The molecule has 160 valence electrons. The van der Waals surface area contributed by atoms with Gasteiger partial charge in [-0.2, -0.15) is 13.7 Å². The Balaban J connectivity index is 1.80. The molecule has 0 fully saturated rings. The molecular weight excluding hydrogens is 469 g/mol. The number of aryl methyl sites for hydroxylation is 1. The summed E-state index contributed by atoms with van der Waals surface area (Å²) >= 11 is 12.4. The summed E-state index contributed by atoms with van der Waals surface area (Å²) < 4.78 is 31.0. The number of hydrogen-bond donors (Lipinski definition) is 1. The number of benzene rings is 3. The quantitative estimate of drug-likeness (QED) is 0.277. The molecule has 0 spiro atoms. The van der Waals surface area contributed by atoms with E-state index in [0.717, 1.165) is 11.1 Å². The smallest absolute Gasteiger partial charge is 0.339 e. The standard InChI is InChI=1S/C23H15Cl2N3O3S/c1-14-6-8-18(9-7-14)32(29,30)31-22-15(11-17(24)12-19(22)25)10-16(13-26)23-27-20-4-2-3-5-21(20)28-23/h2-12H,1H3,(H,27,28)/b16-10+. The van der Waals surface area contributed by atoms with Gasteiger partial charge in [-0.3, -0.25) is 0 Å². The Hall–Kier alpha value is -3.31. The van der Waals surface area contributed by atoms with E-state index in [0.29, 0.717) is 11.3 Å². The number of hydrogen-bond acceptors (Lipinski definition) is 5. The van der Waals surface area contributed by atoms with Crippen LogP contribution in [0.25, 0.3) is 22.7 Å². The van der Waals surface area contributed by atoms with Gasteiger partial charge >= 0.3 is 10.1 Å². The summed E-state index contributed by atoms with van der Waals surface area (Å²) in [5.41, 5.74) is 2.71. The van der Waals surface area contributed by atoms with Gasteiger partial charge in [0.15, 0.2) is 5.75 Å². The van der Waals surface area contributed by atoms with Crippen LogP contribution in [-0.4, -0.2) is 18.4 Å². The Bertz CT molecular complexity index is 1470. The van der Waals surface area contributed by atoms with Crippen molar-refractivity contribution in [3.8, 4) is 11.8 Å². The molecule has 0 unspecified atom stereocenters. The fourth-order valence-corrected chi connectivity index (χ4v) is 4.59. The van der Waals surface area contributed by atoms with Crippen molar-refractivity contribution in [3.63, 3.8) is 0 Å². The molecule has 3 aromatic carbocycles. The van der Waals surface area contributed by atoms with Crippen LogP contribution in [0.3, 0.4) is 0 Å². The van der Waals surface area contributed by atoms with Gasteiger partial charge in [-0.05, 0) is 49.4 Å². The summed E-state index contributed by atoms with van der Waals surface area (Å²) in [7, 11) is -4.18. The van der Waals surface area contributed by atoms with E-state index in [1.165, 1.54) is 30.3 Å². The zero-order valence-corrected chi connectivity index (χ0v) is 19.0. The lowest BCUT2D eigenvalue weighted by Crippen LogP contribution is -2.11. The van der Waals surface area contributed by atoms with Crippen LogP contribution >= 0.6 is 23.2 Å². The molecule has 0 aliphatic heterocycles. The summed E-state index contributed by atoms with van der Waals surface area (Å²) in [6, 6.07) is 18.4. The number of allylic oxidation sites excluding steroid dienone is 1. The first-order valence-electron chi connectivity index (χ1n) is 9.34. The molecule has 1 aromatic heterocycles. The molecule has 0 bridgehead atoms. The van der Waals surface area contributed by atoms with Crippen LogP contribution in [0.15, 0.2) is 65.6 Å². The highest BCUT2D eigenvalue weighted by molar-refractivity contribution is 7.87. The molecule has 0 atom stereocenters. The maximum Gasteiger partial charge on any atom is 0.339 e. The van der Waals surface area contributed by atoms with Gasteiger partial charge in [0.05, 0.1) is 21.6 Å². The second-order valence-corrected chi connectivity index (χ2v) is 9.32. The minimum absolute atomic E-state index is 0.0127. The number of aromatic amines is 1. The molecule has 1 N–H and O–H groups in total. The van der Waals surface area contributed by atoms with Crippen molar-refractivity contribution in [2.75, 3.05) is 0 Å². The van der Waals surface area contributed by atoms with E-state index in [4.69, 9.17) is 27.4 Å². The molecule has 0 aliphatic rings. The van der Waals surface area contributed by atoms with Gasteiger partial charge in [0.2, 0.25) is 0 Å². The van der Waals surface area contributed by atoms with Gasteiger partial charge in [0.1, 0.15) is 16.8 Å². The number of para-hydroxylation sites is 2. The maximum atomic E-state index is 12.8. The van der Waals surface area contributed by atoms with Gasteiger partial charge in [-0.15, -0.1) is 0 Å². The average molecular weight is 484 g/mol. The second kappa shape index (κ2) is 8.67. The van der Waals surface area contributed by atoms with Gasteiger partial charge in [-0.1, -0.05) is 53.0 Å². The lowest BCUT2D eigenvalue weighted by Gasteiger charge is -2.12. The number of aromatic nitrogens is 2. The Morgan fingerprint density at radius 1 is 1.12 bits per heavy atom. The molecule has 4 aromatic rings. The van der Waals surface area contributed by atoms with Crippen molar-refractivity contribution in [3.05, 3.63) is 87.7 Å². The first-order valence-corrected chi connectivity index (χ1v) is 11.5. The highest BCUT2D eigenvalue weighted by Gasteiger charge is 2.21. The molecule has 0 saturated heterocycles. The van der Waals surface area contributed by atoms with Crippen molar-refractivity contribution >= 4 is 56.0 Å². The third-order valence-electron chi connectivity index (χ3n) is 4.60. The third kappa shape index (κ3) is 4.48.